The molecule has 82 valence electrons. The molecule has 1 aliphatic rings. The summed E-state index contributed by atoms with van der Waals surface area (Å²) in [6, 6.07) is 10.3. The number of aliphatic hydroxyl groups excluding tert-OH is 2. The van der Waals surface area contributed by atoms with Crippen molar-refractivity contribution in [3.8, 4) is 0 Å². The molecule has 0 atom stereocenters. The largest absolute Gasteiger partial charge is 0.396 e. The van der Waals surface area contributed by atoms with Gasteiger partial charge in [-0.1, -0.05) is 37.3 Å². The zero-order valence-electron chi connectivity index (χ0n) is 9.11. The molecule has 0 aromatic heterocycles. The first-order valence-electron chi connectivity index (χ1n) is 5.41. The fraction of sp³-hybridized carbons (Fsp3) is 0.538. The van der Waals surface area contributed by atoms with Crippen LogP contribution in [0.5, 0.6) is 0 Å². The van der Waals surface area contributed by atoms with Gasteiger partial charge in [-0.3, -0.25) is 0 Å². The van der Waals surface area contributed by atoms with Gasteiger partial charge in [-0.05, 0) is 23.8 Å². The van der Waals surface area contributed by atoms with E-state index in [2.05, 4.69) is 19.1 Å². The third-order valence-electron chi connectivity index (χ3n) is 3.67. The zero-order valence-corrected chi connectivity index (χ0v) is 9.11. The van der Waals surface area contributed by atoms with Gasteiger partial charge < -0.3 is 10.2 Å². The Kier molecular flexibility index (Phi) is 2.57. The molecule has 1 aromatic carbocycles. The molecule has 0 saturated heterocycles. The first kappa shape index (κ1) is 10.7. The third kappa shape index (κ3) is 1.68. The van der Waals surface area contributed by atoms with E-state index in [4.69, 9.17) is 0 Å². The molecule has 0 amide bonds. The van der Waals surface area contributed by atoms with E-state index in [1.807, 2.05) is 18.2 Å². The summed E-state index contributed by atoms with van der Waals surface area (Å²) in [7, 11) is 0. The van der Waals surface area contributed by atoms with Crippen LogP contribution in [0.2, 0.25) is 0 Å². The summed E-state index contributed by atoms with van der Waals surface area (Å²) in [6.45, 7) is 2.38. The van der Waals surface area contributed by atoms with Gasteiger partial charge in [0.05, 0.1) is 13.2 Å². The number of rotatable bonds is 3. The van der Waals surface area contributed by atoms with Gasteiger partial charge in [0, 0.05) is 5.41 Å². The van der Waals surface area contributed by atoms with Crippen molar-refractivity contribution < 1.29 is 10.2 Å². The second-order valence-electron chi connectivity index (χ2n) is 5.10. The molecule has 0 bridgehead atoms. The molecule has 0 aliphatic heterocycles. The summed E-state index contributed by atoms with van der Waals surface area (Å²) in [4.78, 5) is 0. The van der Waals surface area contributed by atoms with Crippen LogP contribution in [0.15, 0.2) is 30.3 Å². The summed E-state index contributed by atoms with van der Waals surface area (Å²) in [5, 5.41) is 18.5. The van der Waals surface area contributed by atoms with Crippen LogP contribution in [0.3, 0.4) is 0 Å². The summed E-state index contributed by atoms with van der Waals surface area (Å²) < 4.78 is 0. The lowest BCUT2D eigenvalue weighted by Crippen LogP contribution is -2.52. The van der Waals surface area contributed by atoms with Crippen LogP contribution in [-0.4, -0.2) is 23.4 Å². The molecule has 2 rings (SSSR count). The van der Waals surface area contributed by atoms with Crippen molar-refractivity contribution in [2.45, 2.75) is 25.2 Å². The Morgan fingerprint density at radius 2 is 1.60 bits per heavy atom. The molecular formula is C13H18O2. The van der Waals surface area contributed by atoms with Crippen molar-refractivity contribution in [1.82, 2.24) is 0 Å². The molecule has 2 N–H and O–H groups in total. The van der Waals surface area contributed by atoms with Gasteiger partial charge in [-0.15, -0.1) is 0 Å². The van der Waals surface area contributed by atoms with Crippen LogP contribution < -0.4 is 0 Å². The summed E-state index contributed by atoms with van der Waals surface area (Å²) in [6.07, 6.45) is 1.74. The van der Waals surface area contributed by atoms with Gasteiger partial charge in [-0.2, -0.15) is 0 Å². The molecule has 0 heterocycles. The predicted molar refractivity (Wildman–Crippen MR) is 59.6 cm³/mol. The quantitative estimate of drug-likeness (QED) is 0.790. The first-order valence-corrected chi connectivity index (χ1v) is 5.41. The van der Waals surface area contributed by atoms with Crippen molar-refractivity contribution in [2.75, 3.05) is 13.2 Å². The molecule has 2 nitrogen and oxygen atoms in total. The third-order valence-corrected chi connectivity index (χ3v) is 3.67. The topological polar surface area (TPSA) is 40.5 Å². The SMILES string of the molecule is CC1(c2ccccc2)CC(CO)(CO)C1. The smallest absolute Gasteiger partial charge is 0.0510 e. The van der Waals surface area contributed by atoms with E-state index in [1.54, 1.807) is 0 Å². The van der Waals surface area contributed by atoms with E-state index in [1.165, 1.54) is 5.56 Å². The second-order valence-corrected chi connectivity index (χ2v) is 5.10. The van der Waals surface area contributed by atoms with E-state index in [-0.39, 0.29) is 24.0 Å². The van der Waals surface area contributed by atoms with Gasteiger partial charge in [0.15, 0.2) is 0 Å². The fourth-order valence-electron chi connectivity index (χ4n) is 2.92. The summed E-state index contributed by atoms with van der Waals surface area (Å²) in [5.41, 5.74) is 1.19. The average molecular weight is 206 g/mol. The van der Waals surface area contributed by atoms with Gasteiger partial charge in [0.1, 0.15) is 0 Å². The Balaban J connectivity index is 2.14. The normalized spacial score (nSPS) is 22.1. The lowest BCUT2D eigenvalue weighted by molar-refractivity contribution is -0.0605. The lowest BCUT2D eigenvalue weighted by atomic mass is 9.52. The van der Waals surface area contributed by atoms with Crippen molar-refractivity contribution in [1.29, 1.82) is 0 Å². The maximum atomic E-state index is 9.26. The molecule has 1 saturated carbocycles. The Morgan fingerprint density at radius 3 is 2.07 bits per heavy atom. The van der Waals surface area contributed by atoms with E-state index < -0.39 is 0 Å². The maximum absolute atomic E-state index is 9.26. The highest BCUT2D eigenvalue weighted by Gasteiger charge is 2.51. The Hall–Kier alpha value is -0.860. The minimum absolute atomic E-state index is 0.0892. The van der Waals surface area contributed by atoms with Crippen molar-refractivity contribution >= 4 is 0 Å². The van der Waals surface area contributed by atoms with Gasteiger partial charge in [0.2, 0.25) is 0 Å². The molecule has 2 heteroatoms. The van der Waals surface area contributed by atoms with Crippen LogP contribution in [0.1, 0.15) is 25.3 Å². The van der Waals surface area contributed by atoms with E-state index in [0.29, 0.717) is 0 Å². The minimum atomic E-state index is -0.245. The molecule has 0 radical (unpaired) electrons. The minimum Gasteiger partial charge on any atom is -0.396 e. The zero-order chi connectivity index (χ0) is 10.9. The van der Waals surface area contributed by atoms with Crippen LogP contribution in [-0.2, 0) is 5.41 Å². The standard InChI is InChI=1S/C13H18O2/c1-12(11-5-3-2-4-6-11)7-13(8-12,9-14)10-15/h2-6,14-15H,7-10H2,1H3. The summed E-state index contributed by atoms with van der Waals surface area (Å²) >= 11 is 0. The van der Waals surface area contributed by atoms with Crippen LogP contribution in [0, 0.1) is 5.41 Å². The van der Waals surface area contributed by atoms with E-state index >= 15 is 0 Å². The molecule has 15 heavy (non-hydrogen) atoms. The Morgan fingerprint density at radius 1 is 1.07 bits per heavy atom. The van der Waals surface area contributed by atoms with Crippen molar-refractivity contribution in [3.63, 3.8) is 0 Å². The number of benzene rings is 1. The highest BCUT2D eigenvalue weighted by Crippen LogP contribution is 2.54. The molecule has 1 aromatic rings. The summed E-state index contributed by atoms with van der Waals surface area (Å²) in [5.74, 6) is 0. The van der Waals surface area contributed by atoms with Crippen molar-refractivity contribution in [3.05, 3.63) is 35.9 Å². The monoisotopic (exact) mass is 206 g/mol. The highest BCUT2D eigenvalue weighted by atomic mass is 16.3. The number of hydrogen-bond donors (Lipinski definition) is 2. The van der Waals surface area contributed by atoms with Crippen LogP contribution >= 0.6 is 0 Å². The average Bonchev–Trinajstić information content (AvgIpc) is 2.26. The van der Waals surface area contributed by atoms with E-state index in [9.17, 15) is 10.2 Å². The Bertz CT molecular complexity index is 320. The van der Waals surface area contributed by atoms with Gasteiger partial charge in [0.25, 0.3) is 0 Å². The van der Waals surface area contributed by atoms with Crippen LogP contribution in [0.4, 0.5) is 0 Å². The number of hydrogen-bond acceptors (Lipinski definition) is 2. The molecule has 0 spiro atoms. The number of aliphatic hydroxyl groups is 2. The second kappa shape index (κ2) is 3.62. The highest BCUT2D eigenvalue weighted by molar-refractivity contribution is 5.29. The van der Waals surface area contributed by atoms with Crippen LogP contribution in [0.25, 0.3) is 0 Å². The first-order chi connectivity index (χ1) is 7.14. The molecule has 1 aliphatic carbocycles. The van der Waals surface area contributed by atoms with E-state index in [0.717, 1.165) is 12.8 Å². The molecule has 1 fully saturated rings. The Labute approximate surface area is 90.6 Å². The van der Waals surface area contributed by atoms with Gasteiger partial charge in [-0.25, -0.2) is 0 Å². The van der Waals surface area contributed by atoms with Crippen molar-refractivity contribution in [2.24, 2.45) is 5.41 Å². The molecular weight excluding hydrogens is 188 g/mol. The maximum Gasteiger partial charge on any atom is 0.0510 e. The van der Waals surface area contributed by atoms with Gasteiger partial charge >= 0.3 is 0 Å². The predicted octanol–water partition coefficient (Wildman–Crippen LogP) is 1.71. The molecule has 0 unspecified atom stereocenters. The fourth-order valence-corrected chi connectivity index (χ4v) is 2.92. The lowest BCUT2D eigenvalue weighted by Gasteiger charge is -2.53.